The van der Waals surface area contributed by atoms with Gasteiger partial charge in [-0.15, -0.1) is 0 Å². The van der Waals surface area contributed by atoms with Gasteiger partial charge in [-0.1, -0.05) is 25.4 Å². The minimum absolute atomic E-state index is 0.300. The second-order valence-corrected chi connectivity index (χ2v) is 3.75. The van der Waals surface area contributed by atoms with Crippen LogP contribution in [-0.4, -0.2) is 20.2 Å². The van der Waals surface area contributed by atoms with Crippen LogP contribution in [0.5, 0.6) is 5.75 Å². The molecule has 0 saturated heterocycles. The van der Waals surface area contributed by atoms with Crippen LogP contribution < -0.4 is 4.74 Å². The summed E-state index contributed by atoms with van der Waals surface area (Å²) in [5, 5.41) is 0.443. The highest BCUT2D eigenvalue weighted by Gasteiger charge is 2.16. The van der Waals surface area contributed by atoms with Gasteiger partial charge in [-0.05, 0) is 28.1 Å². The molecule has 0 unspecified atom stereocenters. The fraction of sp³-hybridized carbons (Fsp3) is 0.364. The third-order valence-corrected chi connectivity index (χ3v) is 2.43. The van der Waals surface area contributed by atoms with E-state index in [4.69, 9.17) is 16.3 Å². The zero-order valence-corrected chi connectivity index (χ0v) is 12.0. The second-order valence-electron chi connectivity index (χ2n) is 2.46. The molecule has 1 aromatic carbocycles. The number of ether oxygens (including phenoxy) is 2. The molecular formula is C11H14BrClO3. The fourth-order valence-electron chi connectivity index (χ4n) is 1.03. The number of hydrogen-bond donors (Lipinski definition) is 0. The highest BCUT2D eigenvalue weighted by atomic mass is 79.9. The number of carbonyl (C=O) groups excluding carboxylic acids is 1. The molecule has 5 heteroatoms. The van der Waals surface area contributed by atoms with E-state index >= 15 is 0 Å². The Morgan fingerprint density at radius 1 is 1.31 bits per heavy atom. The van der Waals surface area contributed by atoms with E-state index in [1.807, 2.05) is 13.8 Å². The third-order valence-electron chi connectivity index (χ3n) is 1.62. The number of methoxy groups -OCH3 is 2. The Hall–Kier alpha value is -0.740. The van der Waals surface area contributed by atoms with Gasteiger partial charge in [-0.2, -0.15) is 0 Å². The van der Waals surface area contributed by atoms with Gasteiger partial charge in [0.2, 0.25) is 0 Å². The Balaban J connectivity index is 0.00000106. The summed E-state index contributed by atoms with van der Waals surface area (Å²) in [6.07, 6.45) is 0. The number of carbonyl (C=O) groups is 1. The normalized spacial score (nSPS) is 8.88. The molecular weight excluding hydrogens is 295 g/mol. The van der Waals surface area contributed by atoms with E-state index in [0.717, 1.165) is 0 Å². The first-order valence-electron chi connectivity index (χ1n) is 4.71. The topological polar surface area (TPSA) is 35.5 Å². The number of benzene rings is 1. The number of esters is 1. The lowest BCUT2D eigenvalue weighted by Crippen LogP contribution is -2.04. The highest BCUT2D eigenvalue weighted by Crippen LogP contribution is 2.32. The smallest absolute Gasteiger partial charge is 0.341 e. The van der Waals surface area contributed by atoms with E-state index in [1.165, 1.54) is 20.3 Å². The number of rotatable bonds is 2. The monoisotopic (exact) mass is 308 g/mol. The number of hydrogen-bond acceptors (Lipinski definition) is 3. The van der Waals surface area contributed by atoms with Crippen LogP contribution in [-0.2, 0) is 4.74 Å². The zero-order valence-electron chi connectivity index (χ0n) is 9.64. The predicted octanol–water partition coefficient (Wildman–Crippen LogP) is 3.92. The van der Waals surface area contributed by atoms with Gasteiger partial charge in [-0.3, -0.25) is 0 Å². The standard InChI is InChI=1S/C9H8BrClO3.C2H6/c1-13-8-6(9(12)14-2)3-5(11)4-7(8)10;1-2/h3-4H,1-2H3;1-2H3. The maximum Gasteiger partial charge on any atom is 0.341 e. The van der Waals surface area contributed by atoms with Crippen molar-refractivity contribution in [1.29, 1.82) is 0 Å². The Bertz CT molecular complexity index is 366. The van der Waals surface area contributed by atoms with Gasteiger partial charge in [0.05, 0.1) is 18.7 Å². The van der Waals surface area contributed by atoms with Crippen LogP contribution in [0.15, 0.2) is 16.6 Å². The Morgan fingerprint density at radius 2 is 1.88 bits per heavy atom. The van der Waals surface area contributed by atoms with Crippen molar-refractivity contribution in [3.63, 3.8) is 0 Å². The van der Waals surface area contributed by atoms with Crippen LogP contribution in [0, 0.1) is 0 Å². The van der Waals surface area contributed by atoms with Gasteiger partial charge in [0.1, 0.15) is 11.3 Å². The molecule has 0 atom stereocenters. The van der Waals surface area contributed by atoms with Crippen molar-refractivity contribution in [1.82, 2.24) is 0 Å². The van der Waals surface area contributed by atoms with Crippen molar-refractivity contribution in [3.05, 3.63) is 27.2 Å². The van der Waals surface area contributed by atoms with Crippen molar-refractivity contribution >= 4 is 33.5 Å². The maximum absolute atomic E-state index is 11.3. The SMILES string of the molecule is CC.COC(=O)c1cc(Cl)cc(Br)c1OC. The summed E-state index contributed by atoms with van der Waals surface area (Å²) in [5.41, 5.74) is 0.300. The molecule has 16 heavy (non-hydrogen) atoms. The largest absolute Gasteiger partial charge is 0.495 e. The third kappa shape index (κ3) is 3.68. The molecule has 0 radical (unpaired) electrons. The lowest BCUT2D eigenvalue weighted by atomic mass is 10.2. The molecule has 0 saturated carbocycles. The molecule has 1 aromatic rings. The van der Waals surface area contributed by atoms with Gasteiger partial charge in [-0.25, -0.2) is 4.79 Å². The lowest BCUT2D eigenvalue weighted by molar-refractivity contribution is 0.0597. The van der Waals surface area contributed by atoms with Crippen LogP contribution >= 0.6 is 27.5 Å². The molecule has 90 valence electrons. The van der Waals surface area contributed by atoms with E-state index in [1.54, 1.807) is 6.07 Å². The van der Waals surface area contributed by atoms with Gasteiger partial charge < -0.3 is 9.47 Å². The Labute approximate surface area is 109 Å². The average molecular weight is 310 g/mol. The summed E-state index contributed by atoms with van der Waals surface area (Å²) >= 11 is 9.03. The quantitative estimate of drug-likeness (QED) is 0.777. The van der Waals surface area contributed by atoms with Crippen molar-refractivity contribution in [2.24, 2.45) is 0 Å². The van der Waals surface area contributed by atoms with Crippen LogP contribution in [0.4, 0.5) is 0 Å². The summed E-state index contributed by atoms with van der Waals surface area (Å²) in [6.45, 7) is 4.00. The highest BCUT2D eigenvalue weighted by molar-refractivity contribution is 9.10. The average Bonchev–Trinajstić information content (AvgIpc) is 2.29. The molecule has 1 rings (SSSR count). The minimum Gasteiger partial charge on any atom is -0.495 e. The van der Waals surface area contributed by atoms with E-state index < -0.39 is 5.97 Å². The molecule has 0 bridgehead atoms. The Kier molecular flexibility index (Phi) is 7.17. The molecule has 0 amide bonds. The molecule has 0 fully saturated rings. The Morgan fingerprint density at radius 3 is 2.31 bits per heavy atom. The van der Waals surface area contributed by atoms with Gasteiger partial charge in [0.25, 0.3) is 0 Å². The van der Waals surface area contributed by atoms with Crippen LogP contribution in [0.25, 0.3) is 0 Å². The number of halogens is 2. The molecule has 0 spiro atoms. The zero-order chi connectivity index (χ0) is 12.7. The summed E-state index contributed by atoms with van der Waals surface area (Å²) in [7, 11) is 2.77. The van der Waals surface area contributed by atoms with Crippen LogP contribution in [0.2, 0.25) is 5.02 Å². The van der Waals surface area contributed by atoms with Crippen molar-refractivity contribution in [2.45, 2.75) is 13.8 Å². The molecule has 0 aliphatic carbocycles. The first-order valence-corrected chi connectivity index (χ1v) is 5.88. The summed E-state index contributed by atoms with van der Waals surface area (Å²) in [6, 6.07) is 3.14. The van der Waals surface area contributed by atoms with E-state index in [0.29, 0.717) is 20.8 Å². The van der Waals surface area contributed by atoms with Crippen molar-refractivity contribution < 1.29 is 14.3 Å². The summed E-state index contributed by atoms with van der Waals surface area (Å²) in [4.78, 5) is 11.3. The molecule has 0 N–H and O–H groups in total. The lowest BCUT2D eigenvalue weighted by Gasteiger charge is -2.08. The van der Waals surface area contributed by atoms with Gasteiger partial charge in [0.15, 0.2) is 0 Å². The van der Waals surface area contributed by atoms with Crippen LogP contribution in [0.3, 0.4) is 0 Å². The van der Waals surface area contributed by atoms with E-state index in [9.17, 15) is 4.79 Å². The van der Waals surface area contributed by atoms with E-state index in [-0.39, 0.29) is 0 Å². The van der Waals surface area contributed by atoms with Crippen LogP contribution in [0.1, 0.15) is 24.2 Å². The maximum atomic E-state index is 11.3. The van der Waals surface area contributed by atoms with Crippen molar-refractivity contribution in [2.75, 3.05) is 14.2 Å². The predicted molar refractivity (Wildman–Crippen MR) is 68.4 cm³/mol. The summed E-state index contributed by atoms with van der Waals surface area (Å²) < 4.78 is 10.3. The van der Waals surface area contributed by atoms with Crippen molar-refractivity contribution in [3.8, 4) is 5.75 Å². The van der Waals surface area contributed by atoms with Gasteiger partial charge in [0, 0.05) is 5.02 Å². The molecule has 0 aromatic heterocycles. The van der Waals surface area contributed by atoms with E-state index in [2.05, 4.69) is 20.7 Å². The fourth-order valence-corrected chi connectivity index (χ4v) is 2.00. The first kappa shape index (κ1) is 15.3. The molecule has 3 nitrogen and oxygen atoms in total. The second kappa shape index (κ2) is 7.52. The molecule has 0 heterocycles. The molecule has 0 aliphatic rings. The minimum atomic E-state index is -0.481. The first-order chi connectivity index (χ1) is 7.60. The summed E-state index contributed by atoms with van der Waals surface area (Å²) in [5.74, 6) is -0.0636. The van der Waals surface area contributed by atoms with Gasteiger partial charge >= 0.3 is 5.97 Å². The molecule has 0 aliphatic heterocycles.